The first-order chi connectivity index (χ1) is 14.3. The first kappa shape index (κ1) is 20.3. The molecule has 156 valence electrons. The second-order valence-electron chi connectivity index (χ2n) is 7.61. The molecule has 1 unspecified atom stereocenters. The van der Waals surface area contributed by atoms with Crippen molar-refractivity contribution in [1.82, 2.24) is 19.8 Å². The fourth-order valence-electron chi connectivity index (χ4n) is 4.59. The normalized spacial score (nSPS) is 21.3. The van der Waals surface area contributed by atoms with Gasteiger partial charge >= 0.3 is 0 Å². The molecule has 1 saturated heterocycles. The minimum atomic E-state index is 0.167. The second kappa shape index (κ2) is 9.19. The smallest absolute Gasteiger partial charge is 0.227 e. The molecule has 3 heterocycles. The zero-order valence-corrected chi connectivity index (χ0v) is 17.5. The number of carbonyl (C=O) groups excluding carboxylic acids is 1. The molecule has 1 fully saturated rings. The van der Waals surface area contributed by atoms with Gasteiger partial charge in [0.15, 0.2) is 0 Å². The molecule has 1 aromatic heterocycles. The Hall–Kier alpha value is -2.03. The van der Waals surface area contributed by atoms with Crippen molar-refractivity contribution < 1.29 is 14.3 Å². The van der Waals surface area contributed by atoms with Crippen molar-refractivity contribution in [1.29, 1.82) is 0 Å². The molecule has 2 aliphatic heterocycles. The maximum atomic E-state index is 10.9. The van der Waals surface area contributed by atoms with Crippen molar-refractivity contribution in [2.75, 3.05) is 26.9 Å². The average Bonchev–Trinajstić information content (AvgIpc) is 3.29. The summed E-state index contributed by atoms with van der Waals surface area (Å²) in [6.07, 6.45) is 6.86. The molecular formula is C21H28N4O3S. The van der Waals surface area contributed by atoms with Crippen LogP contribution in [-0.2, 0) is 22.5 Å². The van der Waals surface area contributed by atoms with E-state index in [2.05, 4.69) is 39.4 Å². The maximum Gasteiger partial charge on any atom is 0.227 e. The van der Waals surface area contributed by atoms with E-state index < -0.39 is 0 Å². The Labute approximate surface area is 175 Å². The van der Waals surface area contributed by atoms with E-state index in [1.54, 1.807) is 0 Å². The third-order valence-electron chi connectivity index (χ3n) is 5.97. The van der Waals surface area contributed by atoms with Crippen LogP contribution in [0.4, 0.5) is 0 Å². The van der Waals surface area contributed by atoms with Gasteiger partial charge in [-0.25, -0.2) is 4.68 Å². The van der Waals surface area contributed by atoms with Crippen molar-refractivity contribution in [3.8, 4) is 5.88 Å². The second-order valence-corrected chi connectivity index (χ2v) is 8.67. The number of aromatic nitrogens is 2. The van der Waals surface area contributed by atoms with Crippen LogP contribution in [0.2, 0.25) is 0 Å². The molecule has 1 aliphatic carbocycles. The van der Waals surface area contributed by atoms with Crippen molar-refractivity contribution in [2.45, 2.75) is 43.2 Å². The number of hydrogen-bond acceptors (Lipinski definition) is 6. The lowest BCUT2D eigenvalue weighted by atomic mass is 9.74. The number of nitrogens with one attached hydrogen (secondary N) is 2. The molecule has 7 nitrogen and oxygen atoms in total. The summed E-state index contributed by atoms with van der Waals surface area (Å²) in [5.41, 5.74) is 2.86. The summed E-state index contributed by atoms with van der Waals surface area (Å²) in [6.45, 7) is 3.40. The maximum absolute atomic E-state index is 10.9. The number of ether oxygens (including phenoxy) is 2. The summed E-state index contributed by atoms with van der Waals surface area (Å²) in [5.74, 6) is 0.903. The van der Waals surface area contributed by atoms with Crippen molar-refractivity contribution in [3.05, 3.63) is 41.6 Å². The number of fused-ring (bicyclic) bond motifs is 2. The number of rotatable bonds is 4. The Bertz CT molecular complexity index is 835. The van der Waals surface area contributed by atoms with Crippen molar-refractivity contribution in [2.24, 2.45) is 5.41 Å². The minimum Gasteiger partial charge on any atom is -0.477 e. The summed E-state index contributed by atoms with van der Waals surface area (Å²) in [6, 6.07) is 8.62. The van der Waals surface area contributed by atoms with Crippen LogP contribution in [0, 0.1) is 5.41 Å². The Morgan fingerprint density at radius 2 is 2.10 bits per heavy atom. The molecule has 0 radical (unpaired) electrons. The lowest BCUT2D eigenvalue weighted by molar-refractivity contribution is -0.111. The largest absolute Gasteiger partial charge is 0.477 e. The van der Waals surface area contributed by atoms with E-state index in [0.717, 1.165) is 69.2 Å². The van der Waals surface area contributed by atoms with Gasteiger partial charge in [0.05, 0.1) is 18.8 Å². The molecule has 1 atom stereocenters. The van der Waals surface area contributed by atoms with E-state index in [9.17, 15) is 4.79 Å². The molecule has 1 spiro atoms. The zero-order chi connectivity index (χ0) is 20.1. The lowest BCUT2D eigenvalue weighted by Crippen LogP contribution is -2.39. The third kappa shape index (κ3) is 4.15. The van der Waals surface area contributed by atoms with Gasteiger partial charge in [-0.1, -0.05) is 24.3 Å². The summed E-state index contributed by atoms with van der Waals surface area (Å²) < 4.78 is 15.9. The van der Waals surface area contributed by atoms with Gasteiger partial charge in [-0.2, -0.15) is 5.10 Å². The molecule has 1 aromatic carbocycles. The third-order valence-corrected chi connectivity index (χ3v) is 6.67. The van der Waals surface area contributed by atoms with Crippen LogP contribution < -0.4 is 14.8 Å². The topological polar surface area (TPSA) is 77.4 Å². The van der Waals surface area contributed by atoms with E-state index in [1.807, 2.05) is 17.9 Å². The van der Waals surface area contributed by atoms with Gasteiger partial charge in [-0.15, -0.1) is 0 Å². The van der Waals surface area contributed by atoms with E-state index >= 15 is 0 Å². The molecule has 2 aromatic rings. The Morgan fingerprint density at radius 1 is 1.28 bits per heavy atom. The highest BCUT2D eigenvalue weighted by Crippen LogP contribution is 2.51. The van der Waals surface area contributed by atoms with Gasteiger partial charge in [-0.05, 0) is 49.4 Å². The molecule has 29 heavy (non-hydrogen) atoms. The highest BCUT2D eigenvalue weighted by atomic mass is 32.2. The van der Waals surface area contributed by atoms with Gasteiger partial charge in [0.2, 0.25) is 12.3 Å². The molecule has 1 amide bonds. The van der Waals surface area contributed by atoms with Gasteiger partial charge in [0.1, 0.15) is 4.90 Å². The van der Waals surface area contributed by atoms with Crippen molar-refractivity contribution >= 4 is 18.4 Å². The molecule has 5 rings (SSSR count). The molecule has 8 heteroatoms. The Kier molecular flexibility index (Phi) is 6.42. The summed E-state index contributed by atoms with van der Waals surface area (Å²) >= 11 is 1.54. The van der Waals surface area contributed by atoms with E-state index in [1.165, 1.54) is 23.1 Å². The lowest BCUT2D eigenvalue weighted by Gasteiger charge is -2.38. The number of hydrogen-bond donors (Lipinski definition) is 2. The number of benzene rings is 1. The number of amides is 1. The SMILES string of the molecule is CNSc1cnn2c1OCCC2.O=CNC1c2ccccc2CC12CCOCC2. The van der Waals surface area contributed by atoms with E-state index in [4.69, 9.17) is 9.47 Å². The highest BCUT2D eigenvalue weighted by molar-refractivity contribution is 7.97. The van der Waals surface area contributed by atoms with Crippen LogP contribution in [0.3, 0.4) is 0 Å². The molecule has 0 saturated carbocycles. The van der Waals surface area contributed by atoms with Crippen LogP contribution in [0.15, 0.2) is 35.4 Å². The van der Waals surface area contributed by atoms with Gasteiger partial charge in [0.25, 0.3) is 0 Å². The highest BCUT2D eigenvalue weighted by Gasteiger charge is 2.46. The summed E-state index contributed by atoms with van der Waals surface area (Å²) in [7, 11) is 1.89. The van der Waals surface area contributed by atoms with Crippen LogP contribution in [0.5, 0.6) is 5.88 Å². The van der Waals surface area contributed by atoms with E-state index in [-0.39, 0.29) is 11.5 Å². The predicted molar refractivity (Wildman–Crippen MR) is 112 cm³/mol. The number of carbonyl (C=O) groups is 1. The minimum absolute atomic E-state index is 0.167. The van der Waals surface area contributed by atoms with Crippen LogP contribution in [0.25, 0.3) is 0 Å². The predicted octanol–water partition coefficient (Wildman–Crippen LogP) is 2.72. The molecular weight excluding hydrogens is 388 g/mol. The molecule has 0 bridgehead atoms. The average molecular weight is 417 g/mol. The van der Waals surface area contributed by atoms with Gasteiger partial charge in [-0.3, -0.25) is 9.52 Å². The van der Waals surface area contributed by atoms with Crippen LogP contribution in [-0.4, -0.2) is 43.1 Å². The van der Waals surface area contributed by atoms with Crippen molar-refractivity contribution in [3.63, 3.8) is 0 Å². The number of nitrogens with zero attached hydrogens (tertiary/aromatic N) is 2. The monoisotopic (exact) mass is 416 g/mol. The summed E-state index contributed by atoms with van der Waals surface area (Å²) in [4.78, 5) is 11.9. The summed E-state index contributed by atoms with van der Waals surface area (Å²) in [5, 5.41) is 7.23. The first-order valence-electron chi connectivity index (χ1n) is 10.1. The first-order valence-corrected chi connectivity index (χ1v) is 11.0. The van der Waals surface area contributed by atoms with Crippen LogP contribution in [0.1, 0.15) is 36.4 Å². The standard InChI is InChI=1S/C14H17NO2.C7H11N3OS/c16-10-15-13-12-4-2-1-3-11(12)9-14(13)5-7-17-8-6-14;1-8-12-6-5-9-10-3-2-4-11-7(6)10/h1-4,10,13H,5-9H2,(H,15,16);5,8H,2-4H2,1H3. The molecule has 2 N–H and O–H groups in total. The van der Waals surface area contributed by atoms with Gasteiger partial charge in [0, 0.05) is 31.6 Å². The zero-order valence-electron chi connectivity index (χ0n) is 16.7. The van der Waals surface area contributed by atoms with E-state index in [0.29, 0.717) is 0 Å². The Morgan fingerprint density at radius 3 is 2.90 bits per heavy atom. The molecule has 3 aliphatic rings. The van der Waals surface area contributed by atoms with Crippen LogP contribution >= 0.6 is 11.9 Å². The fourth-order valence-corrected chi connectivity index (χ4v) is 5.16. The van der Waals surface area contributed by atoms with Gasteiger partial charge < -0.3 is 14.8 Å². The Balaban J connectivity index is 0.000000150. The quantitative estimate of drug-likeness (QED) is 0.590. The fraction of sp³-hybridized carbons (Fsp3) is 0.524. The number of aryl methyl sites for hydroxylation is 1.